The van der Waals surface area contributed by atoms with Crippen molar-refractivity contribution in [1.82, 2.24) is 4.98 Å². The Bertz CT molecular complexity index is 624. The first-order chi connectivity index (χ1) is 9.39. The molecule has 1 aromatic carbocycles. The van der Waals surface area contributed by atoms with E-state index in [0.717, 1.165) is 6.07 Å². The van der Waals surface area contributed by atoms with Crippen LogP contribution in [0.4, 0.5) is 13.2 Å². The van der Waals surface area contributed by atoms with Crippen LogP contribution >= 0.6 is 0 Å². The molecule has 0 unspecified atom stereocenters. The smallest absolute Gasteiger partial charge is 0.417 e. The van der Waals surface area contributed by atoms with Crippen LogP contribution in [0.2, 0.25) is 0 Å². The van der Waals surface area contributed by atoms with Crippen molar-refractivity contribution in [3.63, 3.8) is 0 Å². The van der Waals surface area contributed by atoms with Gasteiger partial charge in [-0.2, -0.15) is 13.2 Å². The lowest BCUT2D eigenvalue weighted by atomic mass is 9.93. The Morgan fingerprint density at radius 2 is 1.80 bits per heavy atom. The summed E-state index contributed by atoms with van der Waals surface area (Å²) in [5.74, 6) is -1.18. The molecule has 104 valence electrons. The molecule has 1 heterocycles. The van der Waals surface area contributed by atoms with E-state index >= 15 is 0 Å². The molecular weight excluding hydrogens is 271 g/mol. The number of nitrogens with zero attached hydrogens (tertiary/aromatic N) is 1. The van der Waals surface area contributed by atoms with E-state index in [0.29, 0.717) is 5.56 Å². The maximum Gasteiger partial charge on any atom is 0.417 e. The van der Waals surface area contributed by atoms with E-state index in [1.165, 1.54) is 36.7 Å². The summed E-state index contributed by atoms with van der Waals surface area (Å²) in [6, 6.07) is 6.40. The zero-order valence-electron chi connectivity index (χ0n) is 10.2. The quantitative estimate of drug-likeness (QED) is 0.938. The number of alkyl halides is 3. The number of aromatic nitrogens is 1. The van der Waals surface area contributed by atoms with Gasteiger partial charge in [-0.25, -0.2) is 0 Å². The van der Waals surface area contributed by atoms with Gasteiger partial charge in [0.15, 0.2) is 0 Å². The first kappa shape index (κ1) is 14.0. The van der Waals surface area contributed by atoms with Crippen molar-refractivity contribution in [2.45, 2.75) is 12.6 Å². The third kappa shape index (κ3) is 2.96. The molecule has 0 aliphatic carbocycles. The van der Waals surface area contributed by atoms with Crippen molar-refractivity contribution in [3.05, 3.63) is 53.9 Å². The molecule has 0 aliphatic heterocycles. The van der Waals surface area contributed by atoms with Gasteiger partial charge in [0.25, 0.3) is 0 Å². The van der Waals surface area contributed by atoms with Crippen LogP contribution in [-0.2, 0) is 17.4 Å². The average Bonchev–Trinajstić information content (AvgIpc) is 2.38. The highest BCUT2D eigenvalue weighted by molar-refractivity contribution is 5.78. The predicted molar refractivity (Wildman–Crippen MR) is 66.0 cm³/mol. The molecule has 0 amide bonds. The molecule has 20 heavy (non-hydrogen) atoms. The average molecular weight is 281 g/mol. The van der Waals surface area contributed by atoms with Crippen LogP contribution in [0, 0.1) is 0 Å². The van der Waals surface area contributed by atoms with Crippen LogP contribution in [0.3, 0.4) is 0 Å². The molecule has 0 spiro atoms. The molecule has 3 nitrogen and oxygen atoms in total. The van der Waals surface area contributed by atoms with E-state index in [4.69, 9.17) is 5.11 Å². The second kappa shape index (κ2) is 5.32. The lowest BCUT2D eigenvalue weighted by Gasteiger charge is -2.16. The lowest BCUT2D eigenvalue weighted by Crippen LogP contribution is -2.11. The van der Waals surface area contributed by atoms with Gasteiger partial charge in [0, 0.05) is 12.4 Å². The number of hydrogen-bond acceptors (Lipinski definition) is 2. The molecule has 0 fully saturated rings. The van der Waals surface area contributed by atoms with Gasteiger partial charge in [0.2, 0.25) is 0 Å². The second-order valence-corrected chi connectivity index (χ2v) is 4.14. The van der Waals surface area contributed by atoms with Crippen LogP contribution in [0.5, 0.6) is 0 Å². The maximum absolute atomic E-state index is 13.1. The Labute approximate surface area is 112 Å². The molecule has 0 radical (unpaired) electrons. The number of rotatable bonds is 3. The summed E-state index contributed by atoms with van der Waals surface area (Å²) >= 11 is 0. The van der Waals surface area contributed by atoms with Crippen LogP contribution < -0.4 is 0 Å². The van der Waals surface area contributed by atoms with Gasteiger partial charge in [-0.15, -0.1) is 0 Å². The van der Waals surface area contributed by atoms with Gasteiger partial charge in [-0.3, -0.25) is 9.78 Å². The second-order valence-electron chi connectivity index (χ2n) is 4.14. The first-order valence-corrected chi connectivity index (χ1v) is 5.71. The van der Waals surface area contributed by atoms with E-state index in [1.807, 2.05) is 0 Å². The Morgan fingerprint density at radius 1 is 1.15 bits per heavy atom. The third-order valence-corrected chi connectivity index (χ3v) is 2.77. The summed E-state index contributed by atoms with van der Waals surface area (Å²) in [6.45, 7) is 0. The topological polar surface area (TPSA) is 50.2 Å². The molecule has 0 saturated carbocycles. The van der Waals surface area contributed by atoms with Gasteiger partial charge in [-0.1, -0.05) is 12.1 Å². The number of carboxylic acid groups (broad SMARTS) is 1. The minimum Gasteiger partial charge on any atom is -0.481 e. The highest BCUT2D eigenvalue weighted by Gasteiger charge is 2.34. The Hall–Kier alpha value is -2.37. The summed E-state index contributed by atoms with van der Waals surface area (Å²) in [7, 11) is 0. The largest absolute Gasteiger partial charge is 0.481 e. The normalized spacial score (nSPS) is 11.3. The van der Waals surface area contributed by atoms with Gasteiger partial charge < -0.3 is 5.11 Å². The minimum absolute atomic E-state index is 0.107. The van der Waals surface area contributed by atoms with Crippen molar-refractivity contribution in [3.8, 4) is 11.1 Å². The summed E-state index contributed by atoms with van der Waals surface area (Å²) in [5.41, 5.74) is -0.532. The molecule has 0 atom stereocenters. The fraction of sp³-hybridized carbons (Fsp3) is 0.143. The molecule has 0 aliphatic rings. The number of aliphatic carboxylic acids is 1. The highest BCUT2D eigenvalue weighted by atomic mass is 19.4. The predicted octanol–water partition coefficient (Wildman–Crippen LogP) is 3.39. The van der Waals surface area contributed by atoms with Crippen molar-refractivity contribution in [2.75, 3.05) is 0 Å². The van der Waals surface area contributed by atoms with Crippen LogP contribution in [0.25, 0.3) is 11.1 Å². The van der Waals surface area contributed by atoms with E-state index in [-0.39, 0.29) is 11.1 Å². The Balaban J connectivity index is 2.69. The van der Waals surface area contributed by atoms with Crippen LogP contribution in [-0.4, -0.2) is 16.1 Å². The van der Waals surface area contributed by atoms with Gasteiger partial charge in [0.05, 0.1) is 12.0 Å². The molecule has 1 N–H and O–H groups in total. The summed E-state index contributed by atoms with van der Waals surface area (Å²) in [6.07, 6.45) is -2.28. The molecule has 0 bridgehead atoms. The monoisotopic (exact) mass is 281 g/mol. The highest BCUT2D eigenvalue weighted by Crippen LogP contribution is 2.38. The van der Waals surface area contributed by atoms with E-state index in [1.54, 1.807) is 0 Å². The Kier molecular flexibility index (Phi) is 3.74. The van der Waals surface area contributed by atoms with E-state index in [2.05, 4.69) is 4.98 Å². The van der Waals surface area contributed by atoms with Gasteiger partial charge in [0.1, 0.15) is 0 Å². The summed E-state index contributed by atoms with van der Waals surface area (Å²) in [5, 5.41) is 8.84. The molecule has 2 rings (SSSR count). The van der Waals surface area contributed by atoms with Gasteiger partial charge >= 0.3 is 12.1 Å². The van der Waals surface area contributed by atoms with E-state index in [9.17, 15) is 18.0 Å². The number of hydrogen-bond donors (Lipinski definition) is 1. The number of pyridine rings is 1. The number of carboxylic acids is 1. The standard InChI is InChI=1S/C14H10F3NO2/c15-14(16,17)11-3-1-2-10(8-12(19)20)13(11)9-4-6-18-7-5-9/h1-7H,8H2,(H,19,20). The SMILES string of the molecule is O=C(O)Cc1cccc(C(F)(F)F)c1-c1ccncc1. The number of carbonyl (C=O) groups is 1. The minimum atomic E-state index is -4.55. The van der Waals surface area contributed by atoms with Crippen molar-refractivity contribution < 1.29 is 23.1 Å². The van der Waals surface area contributed by atoms with Crippen LogP contribution in [0.1, 0.15) is 11.1 Å². The van der Waals surface area contributed by atoms with Crippen molar-refractivity contribution >= 4 is 5.97 Å². The lowest BCUT2D eigenvalue weighted by molar-refractivity contribution is -0.138. The van der Waals surface area contributed by atoms with Crippen LogP contribution in [0.15, 0.2) is 42.7 Å². The molecular formula is C14H10F3NO2. The number of benzene rings is 1. The molecule has 2 aromatic rings. The fourth-order valence-corrected chi connectivity index (χ4v) is 2.01. The third-order valence-electron chi connectivity index (χ3n) is 2.77. The summed E-state index contributed by atoms with van der Waals surface area (Å²) in [4.78, 5) is 14.6. The van der Waals surface area contributed by atoms with E-state index < -0.39 is 24.1 Å². The molecule has 6 heteroatoms. The van der Waals surface area contributed by atoms with Gasteiger partial charge in [-0.05, 0) is 34.9 Å². The Morgan fingerprint density at radius 3 is 2.35 bits per heavy atom. The van der Waals surface area contributed by atoms with Crippen molar-refractivity contribution in [1.29, 1.82) is 0 Å². The zero-order chi connectivity index (χ0) is 14.8. The summed E-state index contributed by atoms with van der Waals surface area (Å²) < 4.78 is 39.3. The molecule has 1 aromatic heterocycles. The number of halogens is 3. The van der Waals surface area contributed by atoms with Crippen molar-refractivity contribution in [2.24, 2.45) is 0 Å². The first-order valence-electron chi connectivity index (χ1n) is 5.71. The maximum atomic E-state index is 13.1. The molecule has 0 saturated heterocycles. The zero-order valence-corrected chi connectivity index (χ0v) is 10.2. The fourth-order valence-electron chi connectivity index (χ4n) is 2.01.